The number of benzene rings is 2. The minimum absolute atomic E-state index is 0.0462. The molecular weight excluding hydrogens is 584 g/mol. The number of rotatable bonds is 5. The number of hydrogen-bond acceptors (Lipinski definition) is 6. The number of hydrogen-bond donors (Lipinski definition) is 1. The normalized spacial score (nSPS) is 15.6. The van der Waals surface area contributed by atoms with Crippen molar-refractivity contribution in [1.29, 1.82) is 0 Å². The fraction of sp³-hybridized carbons (Fsp3) is 0.441. The van der Waals surface area contributed by atoms with Crippen LogP contribution in [0.5, 0.6) is 5.75 Å². The number of carbonyl (C=O) groups excluding carboxylic acids is 3. The average Bonchev–Trinajstić information content (AvgIpc) is 2.96. The molecule has 4 rings (SSSR count). The van der Waals surface area contributed by atoms with E-state index >= 15 is 8.78 Å². The van der Waals surface area contributed by atoms with Crippen LogP contribution in [0.1, 0.15) is 75.9 Å². The molecule has 0 bridgehead atoms. The molecule has 11 heteroatoms. The van der Waals surface area contributed by atoms with Gasteiger partial charge in [-0.25, -0.2) is 18.4 Å². The van der Waals surface area contributed by atoms with Gasteiger partial charge in [0.25, 0.3) is 5.91 Å². The van der Waals surface area contributed by atoms with E-state index in [2.05, 4.69) is 5.32 Å². The lowest BCUT2D eigenvalue weighted by molar-refractivity contribution is 0.0260. The molecule has 2 aliphatic heterocycles. The van der Waals surface area contributed by atoms with Gasteiger partial charge in [0.2, 0.25) is 0 Å². The Balaban J connectivity index is 1.43. The second-order valence-corrected chi connectivity index (χ2v) is 13.0. The van der Waals surface area contributed by atoms with Crippen molar-refractivity contribution >= 4 is 34.9 Å². The molecule has 0 fully saturated rings. The Labute approximate surface area is 262 Å². The highest BCUT2D eigenvalue weighted by atomic mass is 19.1. The zero-order valence-corrected chi connectivity index (χ0v) is 26.9. The Morgan fingerprint density at radius 1 is 0.756 bits per heavy atom. The van der Waals surface area contributed by atoms with Crippen molar-refractivity contribution in [2.24, 2.45) is 0 Å². The Hall–Kier alpha value is -4.41. The third kappa shape index (κ3) is 8.61. The van der Waals surface area contributed by atoms with E-state index in [4.69, 9.17) is 14.2 Å². The smallest absolute Gasteiger partial charge is 0.410 e. The summed E-state index contributed by atoms with van der Waals surface area (Å²) in [6, 6.07) is 6.94. The summed E-state index contributed by atoms with van der Waals surface area (Å²) in [5.41, 5.74) is 1.04. The highest BCUT2D eigenvalue weighted by molar-refractivity contribution is 6.05. The average molecular weight is 626 g/mol. The van der Waals surface area contributed by atoms with E-state index in [1.165, 1.54) is 12.0 Å². The Morgan fingerprint density at radius 3 is 1.76 bits per heavy atom. The van der Waals surface area contributed by atoms with E-state index in [1.54, 1.807) is 49.9 Å². The van der Waals surface area contributed by atoms with Crippen molar-refractivity contribution in [3.63, 3.8) is 0 Å². The Kier molecular flexibility index (Phi) is 9.89. The molecule has 0 spiro atoms. The summed E-state index contributed by atoms with van der Waals surface area (Å²) in [6.07, 6.45) is 3.63. The van der Waals surface area contributed by atoms with E-state index < -0.39 is 40.4 Å². The fourth-order valence-electron chi connectivity index (χ4n) is 5.01. The Morgan fingerprint density at radius 2 is 1.29 bits per heavy atom. The van der Waals surface area contributed by atoms with Crippen molar-refractivity contribution in [3.8, 4) is 5.75 Å². The largest absolute Gasteiger partial charge is 0.496 e. The standard InChI is InChI=1S/C34H41F2N3O6/c1-33(2,3)44-31(41)38-14-10-21(11-15-38)24-9-8-23(18-29(24)43-7)37-30(40)26-20-27(35)25(19-28(26)36)22-12-16-39(17-13-22)32(42)45-34(4,5)6/h8-10,12,18-20H,11,13-17H2,1-7H3,(H,37,40). The molecule has 0 atom stereocenters. The van der Waals surface area contributed by atoms with Gasteiger partial charge < -0.3 is 29.3 Å². The second kappa shape index (κ2) is 13.3. The first-order valence-corrected chi connectivity index (χ1v) is 14.9. The number of nitrogens with one attached hydrogen (secondary N) is 1. The van der Waals surface area contributed by atoms with E-state index in [-0.39, 0.29) is 18.2 Å². The first kappa shape index (κ1) is 33.5. The topological polar surface area (TPSA) is 97.4 Å². The van der Waals surface area contributed by atoms with Crippen LogP contribution < -0.4 is 10.1 Å². The maximum Gasteiger partial charge on any atom is 0.410 e. The molecule has 0 saturated heterocycles. The van der Waals surface area contributed by atoms with Gasteiger partial charge in [0, 0.05) is 49.1 Å². The summed E-state index contributed by atoms with van der Waals surface area (Å²) in [4.78, 5) is 40.8. The fourth-order valence-corrected chi connectivity index (χ4v) is 5.01. The number of carbonyl (C=O) groups is 3. The van der Waals surface area contributed by atoms with Crippen LogP contribution in [0, 0.1) is 11.6 Å². The van der Waals surface area contributed by atoms with Crippen LogP contribution in [0.4, 0.5) is 24.1 Å². The van der Waals surface area contributed by atoms with Gasteiger partial charge in [-0.05, 0) is 89.8 Å². The lowest BCUT2D eigenvalue weighted by Gasteiger charge is -2.30. The third-order valence-electron chi connectivity index (χ3n) is 7.17. The van der Waals surface area contributed by atoms with Gasteiger partial charge in [0.15, 0.2) is 0 Å². The predicted octanol–water partition coefficient (Wildman–Crippen LogP) is 7.27. The van der Waals surface area contributed by atoms with Gasteiger partial charge in [-0.1, -0.05) is 12.2 Å². The van der Waals surface area contributed by atoms with E-state index in [1.807, 2.05) is 26.8 Å². The van der Waals surface area contributed by atoms with Crippen LogP contribution >= 0.6 is 0 Å². The predicted molar refractivity (Wildman–Crippen MR) is 168 cm³/mol. The molecule has 242 valence electrons. The molecule has 45 heavy (non-hydrogen) atoms. The van der Waals surface area contributed by atoms with Crippen LogP contribution in [-0.4, -0.2) is 72.4 Å². The van der Waals surface area contributed by atoms with Crippen molar-refractivity contribution in [3.05, 3.63) is 70.8 Å². The summed E-state index contributed by atoms with van der Waals surface area (Å²) < 4.78 is 46.7. The van der Waals surface area contributed by atoms with Gasteiger partial charge >= 0.3 is 12.2 Å². The van der Waals surface area contributed by atoms with Gasteiger partial charge in [-0.2, -0.15) is 0 Å². The molecule has 9 nitrogen and oxygen atoms in total. The van der Waals surface area contributed by atoms with Crippen LogP contribution in [-0.2, 0) is 9.47 Å². The summed E-state index contributed by atoms with van der Waals surface area (Å²) in [6.45, 7) is 12.1. The number of methoxy groups -OCH3 is 1. The number of ether oxygens (including phenoxy) is 3. The van der Waals surface area contributed by atoms with Crippen molar-refractivity contribution in [2.45, 2.75) is 65.6 Å². The molecule has 0 radical (unpaired) electrons. The number of halogens is 2. The molecule has 2 aromatic carbocycles. The zero-order chi connectivity index (χ0) is 33.1. The van der Waals surface area contributed by atoms with Gasteiger partial charge in [-0.3, -0.25) is 4.79 Å². The summed E-state index contributed by atoms with van der Waals surface area (Å²) in [5, 5.41) is 2.62. The highest BCUT2D eigenvalue weighted by Gasteiger charge is 2.27. The van der Waals surface area contributed by atoms with Gasteiger partial charge in [0.05, 0.1) is 12.7 Å². The van der Waals surface area contributed by atoms with E-state index in [9.17, 15) is 14.4 Å². The van der Waals surface area contributed by atoms with E-state index in [0.29, 0.717) is 49.5 Å². The quantitative estimate of drug-likeness (QED) is 0.375. The lowest BCUT2D eigenvalue weighted by atomic mass is 9.97. The molecule has 2 heterocycles. The first-order valence-electron chi connectivity index (χ1n) is 14.9. The third-order valence-corrected chi connectivity index (χ3v) is 7.17. The van der Waals surface area contributed by atoms with E-state index in [0.717, 1.165) is 23.3 Å². The zero-order valence-electron chi connectivity index (χ0n) is 26.9. The Bertz CT molecular complexity index is 1540. The maximum absolute atomic E-state index is 15.2. The van der Waals surface area contributed by atoms with Crippen LogP contribution in [0.15, 0.2) is 42.5 Å². The van der Waals surface area contributed by atoms with Crippen LogP contribution in [0.2, 0.25) is 0 Å². The minimum atomic E-state index is -0.871. The van der Waals surface area contributed by atoms with Gasteiger partial charge in [-0.15, -0.1) is 0 Å². The minimum Gasteiger partial charge on any atom is -0.496 e. The summed E-state index contributed by atoms with van der Waals surface area (Å²) in [5.74, 6) is -1.94. The second-order valence-electron chi connectivity index (χ2n) is 13.0. The molecule has 2 aliphatic rings. The number of anilines is 1. The van der Waals surface area contributed by atoms with Crippen molar-refractivity contribution < 1.29 is 37.4 Å². The number of amides is 3. The van der Waals surface area contributed by atoms with Crippen LogP contribution in [0.3, 0.4) is 0 Å². The van der Waals surface area contributed by atoms with Gasteiger partial charge in [0.1, 0.15) is 28.6 Å². The molecule has 0 saturated carbocycles. The molecule has 0 aromatic heterocycles. The first-order chi connectivity index (χ1) is 21.0. The molecule has 2 aromatic rings. The number of nitrogens with zero attached hydrogens (tertiary/aromatic N) is 2. The van der Waals surface area contributed by atoms with Crippen molar-refractivity contribution in [2.75, 3.05) is 38.6 Å². The highest BCUT2D eigenvalue weighted by Crippen LogP contribution is 2.34. The van der Waals surface area contributed by atoms with Crippen molar-refractivity contribution in [1.82, 2.24) is 9.80 Å². The SMILES string of the molecule is COc1cc(NC(=O)c2cc(F)c(C3=CCN(C(=O)OC(C)(C)C)CC3)cc2F)ccc1C1=CCN(C(=O)OC(C)(C)C)CC1. The lowest BCUT2D eigenvalue weighted by Crippen LogP contribution is -2.39. The molecule has 0 unspecified atom stereocenters. The summed E-state index contributed by atoms with van der Waals surface area (Å²) in [7, 11) is 1.50. The summed E-state index contributed by atoms with van der Waals surface area (Å²) >= 11 is 0. The molecule has 3 amide bonds. The molecular formula is C34H41F2N3O6. The monoisotopic (exact) mass is 625 g/mol. The molecule has 1 N–H and O–H groups in total. The maximum atomic E-state index is 15.2. The van der Waals surface area contributed by atoms with Crippen LogP contribution in [0.25, 0.3) is 11.1 Å². The molecule has 0 aliphatic carbocycles.